The van der Waals surface area contributed by atoms with Gasteiger partial charge >= 0.3 is 0 Å². The molecule has 1 atom stereocenters. The normalized spacial score (nSPS) is 12.5. The van der Waals surface area contributed by atoms with Crippen molar-refractivity contribution >= 4 is 27.5 Å². The Balaban J connectivity index is 2.51. The van der Waals surface area contributed by atoms with Crippen LogP contribution in [0.4, 0.5) is 4.39 Å². The first kappa shape index (κ1) is 12.6. The Morgan fingerprint density at radius 1 is 1.12 bits per heavy atom. The molecule has 1 unspecified atom stereocenters. The van der Waals surface area contributed by atoms with Crippen LogP contribution in [0.25, 0.3) is 0 Å². The highest BCUT2D eigenvalue weighted by atomic mass is 79.9. The molecule has 0 amide bonds. The van der Waals surface area contributed by atoms with Crippen LogP contribution in [-0.4, -0.2) is 5.11 Å². The summed E-state index contributed by atoms with van der Waals surface area (Å²) in [7, 11) is 0. The zero-order valence-electron chi connectivity index (χ0n) is 8.70. The number of aliphatic hydroxyl groups is 1. The lowest BCUT2D eigenvalue weighted by molar-refractivity contribution is 0.215. The molecule has 0 fully saturated rings. The first-order valence-electron chi connectivity index (χ1n) is 4.97. The van der Waals surface area contributed by atoms with Crippen LogP contribution in [0.3, 0.4) is 0 Å². The molecule has 0 saturated carbocycles. The molecule has 0 aromatic heterocycles. The summed E-state index contributed by atoms with van der Waals surface area (Å²) < 4.78 is 14.2. The number of halogens is 3. The maximum atomic E-state index is 13.9. The molecular formula is C13H9BrClFO. The molecule has 0 aliphatic rings. The molecule has 0 radical (unpaired) electrons. The number of benzene rings is 2. The van der Waals surface area contributed by atoms with E-state index in [1.54, 1.807) is 30.3 Å². The van der Waals surface area contributed by atoms with Crippen molar-refractivity contribution in [2.24, 2.45) is 0 Å². The molecule has 2 aromatic carbocycles. The average molecular weight is 316 g/mol. The molecule has 1 nitrogen and oxygen atoms in total. The lowest BCUT2D eigenvalue weighted by Crippen LogP contribution is -2.04. The van der Waals surface area contributed by atoms with E-state index in [0.29, 0.717) is 5.56 Å². The van der Waals surface area contributed by atoms with E-state index >= 15 is 0 Å². The summed E-state index contributed by atoms with van der Waals surface area (Å²) in [4.78, 5) is 0. The topological polar surface area (TPSA) is 20.2 Å². The molecule has 0 aliphatic heterocycles. The highest BCUT2D eigenvalue weighted by Crippen LogP contribution is 2.33. The molecule has 0 heterocycles. The quantitative estimate of drug-likeness (QED) is 0.818. The second-order valence-electron chi connectivity index (χ2n) is 3.57. The van der Waals surface area contributed by atoms with Crippen molar-refractivity contribution < 1.29 is 9.50 Å². The number of aliphatic hydroxyl groups excluding tert-OH is 1. The van der Waals surface area contributed by atoms with Crippen LogP contribution in [-0.2, 0) is 0 Å². The van der Waals surface area contributed by atoms with Crippen LogP contribution >= 0.6 is 27.5 Å². The van der Waals surface area contributed by atoms with Gasteiger partial charge in [0.05, 0.1) is 4.47 Å². The second-order valence-corrected chi connectivity index (χ2v) is 4.83. The summed E-state index contributed by atoms with van der Waals surface area (Å²) in [6.45, 7) is 0. The van der Waals surface area contributed by atoms with Gasteiger partial charge in [-0.25, -0.2) is 4.39 Å². The Labute approximate surface area is 112 Å². The fourth-order valence-electron chi connectivity index (χ4n) is 1.60. The third-order valence-corrected chi connectivity index (χ3v) is 3.41. The molecule has 1 N–H and O–H groups in total. The van der Waals surface area contributed by atoms with Crippen molar-refractivity contribution in [1.29, 1.82) is 0 Å². The summed E-state index contributed by atoms with van der Waals surface area (Å²) in [6, 6.07) is 11.9. The van der Waals surface area contributed by atoms with E-state index in [4.69, 9.17) is 11.6 Å². The van der Waals surface area contributed by atoms with Gasteiger partial charge in [-0.3, -0.25) is 0 Å². The Morgan fingerprint density at radius 3 is 2.41 bits per heavy atom. The van der Waals surface area contributed by atoms with Crippen LogP contribution in [0.1, 0.15) is 17.2 Å². The Kier molecular flexibility index (Phi) is 3.82. The van der Waals surface area contributed by atoms with E-state index in [2.05, 4.69) is 15.9 Å². The molecule has 0 aliphatic carbocycles. The molecule has 4 heteroatoms. The Hall–Kier alpha value is -0.900. The van der Waals surface area contributed by atoms with Crippen molar-refractivity contribution in [3.63, 3.8) is 0 Å². The third-order valence-electron chi connectivity index (χ3n) is 2.47. The van der Waals surface area contributed by atoms with Crippen molar-refractivity contribution in [3.05, 3.63) is 68.9 Å². The van der Waals surface area contributed by atoms with Gasteiger partial charge in [0, 0.05) is 10.6 Å². The minimum absolute atomic E-state index is 0.0900. The molecular weight excluding hydrogens is 306 g/mol. The summed E-state index contributed by atoms with van der Waals surface area (Å²) in [6.07, 6.45) is -1.07. The van der Waals surface area contributed by atoms with Crippen LogP contribution in [0.15, 0.2) is 46.9 Å². The largest absolute Gasteiger partial charge is 0.383 e. The van der Waals surface area contributed by atoms with Crippen molar-refractivity contribution in [3.8, 4) is 0 Å². The zero-order valence-corrected chi connectivity index (χ0v) is 11.0. The SMILES string of the molecule is OC(c1ccccc1)c1c(Cl)ccc(Br)c1F. The fraction of sp³-hybridized carbons (Fsp3) is 0.0769. The van der Waals surface area contributed by atoms with Crippen LogP contribution < -0.4 is 0 Å². The fourth-order valence-corrected chi connectivity index (χ4v) is 2.19. The van der Waals surface area contributed by atoms with Gasteiger partial charge in [-0.05, 0) is 33.6 Å². The van der Waals surface area contributed by atoms with E-state index in [9.17, 15) is 9.50 Å². The van der Waals surface area contributed by atoms with Gasteiger partial charge in [0.1, 0.15) is 11.9 Å². The summed E-state index contributed by atoms with van der Waals surface area (Å²) >= 11 is 9.00. The molecule has 0 bridgehead atoms. The molecule has 2 rings (SSSR count). The van der Waals surface area contributed by atoms with Gasteiger partial charge in [0.25, 0.3) is 0 Å². The van der Waals surface area contributed by atoms with Crippen molar-refractivity contribution in [2.45, 2.75) is 6.10 Å². The maximum Gasteiger partial charge on any atom is 0.145 e. The predicted molar refractivity (Wildman–Crippen MR) is 69.6 cm³/mol. The smallest absolute Gasteiger partial charge is 0.145 e. The van der Waals surface area contributed by atoms with Gasteiger partial charge in [-0.1, -0.05) is 41.9 Å². The minimum atomic E-state index is -1.07. The molecule has 2 aromatic rings. The standard InChI is InChI=1S/C13H9BrClFO/c14-9-6-7-10(15)11(12(9)16)13(17)8-4-2-1-3-5-8/h1-7,13,17H. The van der Waals surface area contributed by atoms with Gasteiger partial charge in [-0.2, -0.15) is 0 Å². The number of hydrogen-bond donors (Lipinski definition) is 1. The Bertz CT molecular complexity index is 530. The molecule has 0 spiro atoms. The lowest BCUT2D eigenvalue weighted by Gasteiger charge is -2.14. The predicted octanol–water partition coefficient (Wildman–Crippen LogP) is 4.32. The first-order chi connectivity index (χ1) is 8.11. The van der Waals surface area contributed by atoms with E-state index in [0.717, 1.165) is 0 Å². The summed E-state index contributed by atoms with van der Waals surface area (Å²) in [5.41, 5.74) is 0.693. The van der Waals surface area contributed by atoms with Crippen LogP contribution in [0.5, 0.6) is 0 Å². The molecule has 0 saturated heterocycles. The minimum Gasteiger partial charge on any atom is -0.383 e. The Morgan fingerprint density at radius 2 is 1.76 bits per heavy atom. The zero-order chi connectivity index (χ0) is 12.4. The summed E-state index contributed by atoms with van der Waals surface area (Å²) in [5.74, 6) is -0.533. The second kappa shape index (κ2) is 5.17. The number of rotatable bonds is 2. The van der Waals surface area contributed by atoms with E-state index in [-0.39, 0.29) is 15.1 Å². The monoisotopic (exact) mass is 314 g/mol. The van der Waals surface area contributed by atoms with Crippen molar-refractivity contribution in [2.75, 3.05) is 0 Å². The van der Waals surface area contributed by atoms with Gasteiger partial charge in [-0.15, -0.1) is 0 Å². The number of hydrogen-bond acceptors (Lipinski definition) is 1. The van der Waals surface area contributed by atoms with E-state index in [1.165, 1.54) is 6.07 Å². The van der Waals surface area contributed by atoms with Gasteiger partial charge < -0.3 is 5.11 Å². The van der Waals surface area contributed by atoms with E-state index in [1.807, 2.05) is 6.07 Å². The van der Waals surface area contributed by atoms with Crippen LogP contribution in [0, 0.1) is 5.82 Å². The summed E-state index contributed by atoms with van der Waals surface area (Å²) in [5, 5.41) is 10.3. The van der Waals surface area contributed by atoms with Crippen LogP contribution in [0.2, 0.25) is 5.02 Å². The molecule has 88 valence electrons. The highest BCUT2D eigenvalue weighted by molar-refractivity contribution is 9.10. The molecule has 17 heavy (non-hydrogen) atoms. The first-order valence-corrected chi connectivity index (χ1v) is 6.14. The van der Waals surface area contributed by atoms with Gasteiger partial charge in [0.2, 0.25) is 0 Å². The van der Waals surface area contributed by atoms with E-state index < -0.39 is 11.9 Å². The third kappa shape index (κ3) is 2.51. The average Bonchev–Trinajstić information content (AvgIpc) is 2.35. The van der Waals surface area contributed by atoms with Crippen molar-refractivity contribution in [1.82, 2.24) is 0 Å². The maximum absolute atomic E-state index is 13.9. The highest BCUT2D eigenvalue weighted by Gasteiger charge is 2.20. The lowest BCUT2D eigenvalue weighted by atomic mass is 10.0. The van der Waals surface area contributed by atoms with Gasteiger partial charge in [0.15, 0.2) is 0 Å².